The first kappa shape index (κ1) is 30.2. The van der Waals surface area contributed by atoms with Gasteiger partial charge < -0.3 is 29.6 Å². The normalized spacial score (nSPS) is 11.7. The maximum Gasteiger partial charge on any atom is 1.00 e. The second-order valence-electron chi connectivity index (χ2n) is 8.69. The number of hydrogen-bond acceptors (Lipinski definition) is 7. The number of aromatic nitrogens is 1. The van der Waals surface area contributed by atoms with E-state index >= 15 is 0 Å². The van der Waals surface area contributed by atoms with E-state index in [9.17, 15) is 9.90 Å². The van der Waals surface area contributed by atoms with E-state index in [1.165, 1.54) is 19.3 Å². The van der Waals surface area contributed by atoms with E-state index in [1.54, 1.807) is 11.9 Å². The van der Waals surface area contributed by atoms with Crippen LogP contribution in [0, 0.1) is 0 Å². The minimum absolute atomic E-state index is 0. The Bertz CT molecular complexity index is 801. The van der Waals surface area contributed by atoms with E-state index in [1.807, 2.05) is 30.3 Å². The van der Waals surface area contributed by atoms with Gasteiger partial charge in [0.1, 0.15) is 5.69 Å². The number of aliphatic hydroxyl groups excluding tert-OH is 1. The van der Waals surface area contributed by atoms with Crippen LogP contribution in [0.2, 0.25) is 0 Å². The van der Waals surface area contributed by atoms with Gasteiger partial charge in [-0.1, -0.05) is 75.8 Å². The van der Waals surface area contributed by atoms with Gasteiger partial charge in [0.05, 0.1) is 18.6 Å². The molecular formula is C26H40LiN3O4. The van der Waals surface area contributed by atoms with Gasteiger partial charge in [0.2, 0.25) is 11.8 Å². The molecule has 2 rings (SSSR count). The fourth-order valence-electron chi connectivity index (χ4n) is 3.93. The van der Waals surface area contributed by atoms with E-state index in [4.69, 9.17) is 14.5 Å². The summed E-state index contributed by atoms with van der Waals surface area (Å²) in [5.74, 6) is -0.0485. The van der Waals surface area contributed by atoms with E-state index in [0.29, 0.717) is 18.2 Å². The SMILES string of the molecule is CCCCCCC(NCCCCCCO)c1nc(Cc2ccccc2)c(N(C)CC(=O)[O-])o1.[Li+]. The average molecular weight is 466 g/mol. The molecule has 8 heteroatoms. The van der Waals surface area contributed by atoms with Gasteiger partial charge in [-0.3, -0.25) is 0 Å². The van der Waals surface area contributed by atoms with Gasteiger partial charge in [0, 0.05) is 20.1 Å². The maximum absolute atomic E-state index is 11.2. The van der Waals surface area contributed by atoms with Crippen molar-refractivity contribution in [3.05, 3.63) is 47.5 Å². The molecule has 0 bridgehead atoms. The number of carboxylic acids is 1. The van der Waals surface area contributed by atoms with Crippen LogP contribution in [0.15, 0.2) is 34.7 Å². The number of carbonyl (C=O) groups is 1. The predicted molar refractivity (Wildman–Crippen MR) is 129 cm³/mol. The number of aliphatic carboxylic acids is 1. The van der Waals surface area contributed by atoms with Crippen LogP contribution >= 0.6 is 0 Å². The molecule has 34 heavy (non-hydrogen) atoms. The van der Waals surface area contributed by atoms with Crippen molar-refractivity contribution in [3.8, 4) is 0 Å². The van der Waals surface area contributed by atoms with Crippen molar-refractivity contribution in [1.82, 2.24) is 10.3 Å². The molecule has 2 N–H and O–H groups in total. The summed E-state index contributed by atoms with van der Waals surface area (Å²) in [5.41, 5.74) is 1.83. The molecule has 0 aliphatic heterocycles. The minimum Gasteiger partial charge on any atom is -0.548 e. The first-order chi connectivity index (χ1) is 16.0. The zero-order chi connectivity index (χ0) is 23.9. The van der Waals surface area contributed by atoms with Crippen LogP contribution in [-0.4, -0.2) is 42.8 Å². The van der Waals surface area contributed by atoms with Crippen LogP contribution in [-0.2, 0) is 11.2 Å². The Morgan fingerprint density at radius 1 is 1.12 bits per heavy atom. The van der Waals surface area contributed by atoms with E-state index in [0.717, 1.165) is 56.3 Å². The van der Waals surface area contributed by atoms with Crippen molar-refractivity contribution in [1.29, 1.82) is 0 Å². The summed E-state index contributed by atoms with van der Waals surface area (Å²) < 4.78 is 6.19. The summed E-state index contributed by atoms with van der Waals surface area (Å²) >= 11 is 0. The predicted octanol–water partition coefficient (Wildman–Crippen LogP) is 0.609. The number of unbranched alkanes of at least 4 members (excludes halogenated alkanes) is 6. The van der Waals surface area contributed by atoms with Crippen molar-refractivity contribution in [3.63, 3.8) is 0 Å². The Morgan fingerprint density at radius 2 is 1.82 bits per heavy atom. The number of nitrogens with zero attached hydrogens (tertiary/aromatic N) is 2. The van der Waals surface area contributed by atoms with Crippen molar-refractivity contribution in [2.24, 2.45) is 0 Å². The van der Waals surface area contributed by atoms with Gasteiger partial charge in [0.25, 0.3) is 0 Å². The summed E-state index contributed by atoms with van der Waals surface area (Å²) in [6, 6.07) is 9.98. The maximum atomic E-state index is 11.2. The Kier molecular flexibility index (Phi) is 15.7. The Labute approximate surface area is 216 Å². The molecule has 7 nitrogen and oxygen atoms in total. The van der Waals surface area contributed by atoms with Crippen LogP contribution < -0.4 is 34.2 Å². The number of benzene rings is 1. The van der Waals surface area contributed by atoms with E-state index < -0.39 is 5.97 Å². The number of oxazole rings is 1. The third-order valence-electron chi connectivity index (χ3n) is 5.74. The largest absolute Gasteiger partial charge is 1.00 e. The average Bonchev–Trinajstić information content (AvgIpc) is 3.21. The molecule has 1 heterocycles. The molecule has 0 amide bonds. The second-order valence-corrected chi connectivity index (χ2v) is 8.69. The quantitative estimate of drug-likeness (QED) is 0.246. The first-order valence-corrected chi connectivity index (χ1v) is 12.3. The molecule has 1 aromatic carbocycles. The van der Waals surface area contributed by atoms with Crippen LogP contribution in [0.5, 0.6) is 0 Å². The number of rotatable bonds is 18. The van der Waals surface area contributed by atoms with E-state index in [-0.39, 0.29) is 38.1 Å². The van der Waals surface area contributed by atoms with Gasteiger partial charge in [-0.05, 0) is 31.4 Å². The van der Waals surface area contributed by atoms with Gasteiger partial charge in [-0.25, -0.2) is 4.98 Å². The minimum atomic E-state index is -1.15. The third kappa shape index (κ3) is 11.1. The molecule has 0 saturated carbocycles. The van der Waals surface area contributed by atoms with Crippen molar-refractivity contribution < 1.29 is 38.3 Å². The van der Waals surface area contributed by atoms with Crippen molar-refractivity contribution in [2.75, 3.05) is 31.6 Å². The number of hydrogen-bond donors (Lipinski definition) is 2. The standard InChI is InChI=1S/C26H41N3O4.Li/c1-3-4-5-11-16-22(27-17-12-6-7-13-18-30)25-28-23(19-21-14-9-8-10-15-21)26(33-25)29(2)20-24(31)32;/h8-10,14-15,22,27,30H,3-7,11-13,16-20H2,1-2H3,(H,31,32);/q;+1/p-1. The second kappa shape index (κ2) is 17.6. The molecule has 0 spiro atoms. The molecule has 0 radical (unpaired) electrons. The van der Waals surface area contributed by atoms with Crippen LogP contribution in [0.3, 0.4) is 0 Å². The smallest absolute Gasteiger partial charge is 0.548 e. The monoisotopic (exact) mass is 465 g/mol. The van der Waals surface area contributed by atoms with Gasteiger partial charge >= 0.3 is 18.9 Å². The molecule has 0 aliphatic carbocycles. The fourth-order valence-corrected chi connectivity index (χ4v) is 3.93. The van der Waals surface area contributed by atoms with Crippen molar-refractivity contribution >= 4 is 11.9 Å². The summed E-state index contributed by atoms with van der Waals surface area (Å²) in [6.07, 6.45) is 10.1. The molecule has 0 aliphatic rings. The zero-order valence-electron chi connectivity index (χ0n) is 21.2. The van der Waals surface area contributed by atoms with Crippen LogP contribution in [0.1, 0.15) is 87.9 Å². The Balaban J connectivity index is 0.00000578. The summed E-state index contributed by atoms with van der Waals surface area (Å²) in [7, 11) is 1.69. The topological polar surface area (TPSA) is 102 Å². The Morgan fingerprint density at radius 3 is 2.50 bits per heavy atom. The summed E-state index contributed by atoms with van der Waals surface area (Å²) in [4.78, 5) is 17.6. The molecule has 0 fully saturated rings. The van der Waals surface area contributed by atoms with Crippen molar-refractivity contribution in [2.45, 2.75) is 77.2 Å². The molecule has 0 saturated heterocycles. The number of carbonyl (C=O) groups excluding carboxylic acids is 1. The van der Waals surface area contributed by atoms with Gasteiger partial charge in [0.15, 0.2) is 0 Å². The fraction of sp³-hybridized carbons (Fsp3) is 0.615. The summed E-state index contributed by atoms with van der Waals surface area (Å²) in [6.45, 7) is 3.04. The molecular weight excluding hydrogens is 425 g/mol. The molecule has 2 aromatic rings. The number of nitrogens with one attached hydrogen (secondary N) is 1. The molecule has 1 aromatic heterocycles. The molecule has 1 unspecified atom stereocenters. The van der Waals surface area contributed by atoms with Crippen LogP contribution in [0.4, 0.5) is 5.88 Å². The Hall–Kier alpha value is -1.78. The van der Waals surface area contributed by atoms with Crippen LogP contribution in [0.25, 0.3) is 0 Å². The van der Waals surface area contributed by atoms with Gasteiger partial charge in [-0.2, -0.15) is 0 Å². The number of carboxylic acid groups (broad SMARTS) is 1. The molecule has 1 atom stereocenters. The number of anilines is 1. The number of aliphatic hydroxyl groups is 1. The van der Waals surface area contributed by atoms with Gasteiger partial charge in [-0.15, -0.1) is 0 Å². The zero-order valence-corrected chi connectivity index (χ0v) is 21.2. The molecule has 184 valence electrons. The first-order valence-electron chi connectivity index (χ1n) is 12.3. The van der Waals surface area contributed by atoms with E-state index in [2.05, 4.69) is 12.2 Å². The summed E-state index contributed by atoms with van der Waals surface area (Å²) in [5, 5.41) is 23.8. The number of likely N-dealkylation sites (N-methyl/N-ethyl adjacent to an activating group) is 1. The third-order valence-corrected chi connectivity index (χ3v) is 5.74.